The maximum atomic E-state index is 13.0. The molecule has 1 aromatic rings. The summed E-state index contributed by atoms with van der Waals surface area (Å²) in [6.07, 6.45) is 1.75. The molecule has 1 aliphatic heterocycles. The van der Waals surface area contributed by atoms with Gasteiger partial charge in [-0.3, -0.25) is 0 Å². The Bertz CT molecular complexity index is 362. The molecule has 4 heteroatoms. The molecule has 0 bridgehead atoms. The second kappa shape index (κ2) is 4.89. The van der Waals surface area contributed by atoms with Gasteiger partial charge in [-0.05, 0) is 36.5 Å². The van der Waals surface area contributed by atoms with E-state index in [1.807, 2.05) is 0 Å². The first-order valence-electron chi connectivity index (χ1n) is 5.50. The Balaban J connectivity index is 2.05. The van der Waals surface area contributed by atoms with Crippen molar-refractivity contribution in [1.29, 1.82) is 0 Å². The summed E-state index contributed by atoms with van der Waals surface area (Å²) in [6.45, 7) is 0.834. The number of aliphatic hydroxyl groups excluding tert-OH is 1. The van der Waals surface area contributed by atoms with Crippen LogP contribution in [0.4, 0.5) is 8.78 Å². The van der Waals surface area contributed by atoms with E-state index in [0.717, 1.165) is 18.4 Å². The van der Waals surface area contributed by atoms with Crippen LogP contribution in [-0.2, 0) is 0 Å². The van der Waals surface area contributed by atoms with Crippen molar-refractivity contribution in [2.75, 3.05) is 13.2 Å². The molecule has 0 aromatic heterocycles. The number of halogens is 2. The second-order valence-corrected chi connectivity index (χ2v) is 4.24. The van der Waals surface area contributed by atoms with Gasteiger partial charge in [0.2, 0.25) is 0 Å². The topological polar surface area (TPSA) is 32.3 Å². The summed E-state index contributed by atoms with van der Waals surface area (Å²) in [5.74, 6) is -1.39. The highest BCUT2D eigenvalue weighted by Gasteiger charge is 2.21. The normalized spacial score (nSPS) is 25.7. The van der Waals surface area contributed by atoms with Gasteiger partial charge in [-0.2, -0.15) is 0 Å². The van der Waals surface area contributed by atoms with Crippen molar-refractivity contribution in [3.05, 3.63) is 35.4 Å². The molecule has 2 rings (SSSR count). The molecule has 88 valence electrons. The molecule has 0 radical (unpaired) electrons. The van der Waals surface area contributed by atoms with Gasteiger partial charge < -0.3 is 10.4 Å². The monoisotopic (exact) mass is 227 g/mol. The lowest BCUT2D eigenvalue weighted by Crippen LogP contribution is -2.40. The number of nitrogens with one attached hydrogen (secondary N) is 1. The molecule has 1 heterocycles. The highest BCUT2D eigenvalue weighted by atomic mass is 19.2. The van der Waals surface area contributed by atoms with E-state index >= 15 is 0 Å². The van der Waals surface area contributed by atoms with Crippen LogP contribution in [0.15, 0.2) is 18.2 Å². The standard InChI is InChI=1S/C12H15F2NO/c13-11-4-2-8(5-12(11)14)9-1-3-10(7-16)15-6-9/h2,4-5,9-10,15-16H,1,3,6-7H2. The number of rotatable bonds is 2. The Hall–Kier alpha value is -1.00. The van der Waals surface area contributed by atoms with E-state index in [9.17, 15) is 8.78 Å². The summed E-state index contributed by atoms with van der Waals surface area (Å²) in [6, 6.07) is 4.20. The molecule has 0 amide bonds. The van der Waals surface area contributed by atoms with Gasteiger partial charge in [0.05, 0.1) is 6.61 Å². The Kier molecular flexibility index (Phi) is 3.51. The molecule has 0 spiro atoms. The highest BCUT2D eigenvalue weighted by Crippen LogP contribution is 2.26. The Morgan fingerprint density at radius 3 is 2.62 bits per heavy atom. The lowest BCUT2D eigenvalue weighted by molar-refractivity contribution is 0.212. The van der Waals surface area contributed by atoms with Gasteiger partial charge in [0.15, 0.2) is 11.6 Å². The summed E-state index contributed by atoms with van der Waals surface area (Å²) in [4.78, 5) is 0. The van der Waals surface area contributed by atoms with Gasteiger partial charge in [-0.1, -0.05) is 6.07 Å². The van der Waals surface area contributed by atoms with Gasteiger partial charge >= 0.3 is 0 Å². The first kappa shape index (κ1) is 11.5. The number of aliphatic hydroxyl groups is 1. The van der Waals surface area contributed by atoms with Crippen molar-refractivity contribution in [2.45, 2.75) is 24.8 Å². The zero-order valence-electron chi connectivity index (χ0n) is 8.92. The van der Waals surface area contributed by atoms with E-state index in [2.05, 4.69) is 5.32 Å². The lowest BCUT2D eigenvalue weighted by atomic mass is 9.89. The van der Waals surface area contributed by atoms with Crippen LogP contribution in [0.5, 0.6) is 0 Å². The fourth-order valence-electron chi connectivity index (χ4n) is 2.12. The van der Waals surface area contributed by atoms with Crippen molar-refractivity contribution >= 4 is 0 Å². The number of piperidine rings is 1. The van der Waals surface area contributed by atoms with Crippen molar-refractivity contribution in [1.82, 2.24) is 5.32 Å². The first-order valence-corrected chi connectivity index (χ1v) is 5.50. The molecule has 2 N–H and O–H groups in total. The van der Waals surface area contributed by atoms with Gasteiger partial charge in [0.1, 0.15) is 0 Å². The van der Waals surface area contributed by atoms with Crippen molar-refractivity contribution in [2.24, 2.45) is 0 Å². The average molecular weight is 227 g/mol. The van der Waals surface area contributed by atoms with Gasteiger partial charge in [-0.15, -0.1) is 0 Å². The summed E-state index contributed by atoms with van der Waals surface area (Å²) in [5.41, 5.74) is 0.822. The van der Waals surface area contributed by atoms with Crippen LogP contribution < -0.4 is 5.32 Å². The van der Waals surface area contributed by atoms with E-state index in [1.165, 1.54) is 12.1 Å². The van der Waals surface area contributed by atoms with Crippen LogP contribution in [0, 0.1) is 11.6 Å². The maximum absolute atomic E-state index is 13.0. The van der Waals surface area contributed by atoms with Crippen LogP contribution in [-0.4, -0.2) is 24.3 Å². The largest absolute Gasteiger partial charge is 0.395 e. The molecule has 1 aliphatic rings. The molecule has 2 nitrogen and oxygen atoms in total. The van der Waals surface area contributed by atoms with Crippen molar-refractivity contribution in [3.8, 4) is 0 Å². The van der Waals surface area contributed by atoms with Crippen LogP contribution in [0.25, 0.3) is 0 Å². The molecular formula is C12H15F2NO. The zero-order valence-corrected chi connectivity index (χ0v) is 8.92. The van der Waals surface area contributed by atoms with Crippen LogP contribution in [0.2, 0.25) is 0 Å². The Morgan fingerprint density at radius 1 is 1.25 bits per heavy atom. The smallest absolute Gasteiger partial charge is 0.159 e. The fraction of sp³-hybridized carbons (Fsp3) is 0.500. The van der Waals surface area contributed by atoms with Gasteiger partial charge in [0.25, 0.3) is 0 Å². The van der Waals surface area contributed by atoms with Crippen molar-refractivity contribution < 1.29 is 13.9 Å². The number of benzene rings is 1. The zero-order chi connectivity index (χ0) is 11.5. The van der Waals surface area contributed by atoms with Gasteiger partial charge in [-0.25, -0.2) is 8.78 Å². The van der Waals surface area contributed by atoms with E-state index in [-0.39, 0.29) is 18.6 Å². The summed E-state index contributed by atoms with van der Waals surface area (Å²) < 4.78 is 25.8. The van der Waals surface area contributed by atoms with Gasteiger partial charge in [0, 0.05) is 12.6 Å². The molecular weight excluding hydrogens is 212 g/mol. The van der Waals surface area contributed by atoms with Crippen LogP contribution in [0.1, 0.15) is 24.3 Å². The lowest BCUT2D eigenvalue weighted by Gasteiger charge is -2.29. The maximum Gasteiger partial charge on any atom is 0.159 e. The second-order valence-electron chi connectivity index (χ2n) is 4.24. The SMILES string of the molecule is OCC1CCC(c2ccc(F)c(F)c2)CN1. The quantitative estimate of drug-likeness (QED) is 0.807. The average Bonchev–Trinajstić information content (AvgIpc) is 2.33. The molecule has 1 saturated heterocycles. The third kappa shape index (κ3) is 2.39. The molecule has 0 saturated carbocycles. The van der Waals surface area contributed by atoms with Crippen LogP contribution in [0.3, 0.4) is 0 Å². The summed E-state index contributed by atoms with van der Waals surface area (Å²) in [5, 5.41) is 12.1. The molecule has 0 aliphatic carbocycles. The minimum absolute atomic E-state index is 0.129. The highest BCUT2D eigenvalue weighted by molar-refractivity contribution is 5.22. The predicted molar refractivity (Wildman–Crippen MR) is 57.2 cm³/mol. The van der Waals surface area contributed by atoms with E-state index in [1.54, 1.807) is 6.07 Å². The van der Waals surface area contributed by atoms with E-state index in [4.69, 9.17) is 5.11 Å². The fourth-order valence-corrected chi connectivity index (χ4v) is 2.12. The molecule has 1 aromatic carbocycles. The third-order valence-corrected chi connectivity index (χ3v) is 3.15. The molecule has 16 heavy (non-hydrogen) atoms. The van der Waals surface area contributed by atoms with E-state index < -0.39 is 11.6 Å². The third-order valence-electron chi connectivity index (χ3n) is 3.15. The van der Waals surface area contributed by atoms with E-state index in [0.29, 0.717) is 6.54 Å². The number of hydrogen-bond donors (Lipinski definition) is 2. The number of hydrogen-bond acceptors (Lipinski definition) is 2. The van der Waals surface area contributed by atoms with Crippen molar-refractivity contribution in [3.63, 3.8) is 0 Å². The molecule has 2 unspecified atom stereocenters. The van der Waals surface area contributed by atoms with Crippen LogP contribution >= 0.6 is 0 Å². The molecule has 2 atom stereocenters. The predicted octanol–water partition coefficient (Wildman–Crippen LogP) is 1.79. The Morgan fingerprint density at radius 2 is 2.06 bits per heavy atom. The minimum Gasteiger partial charge on any atom is -0.395 e. The molecule has 1 fully saturated rings. The first-order chi connectivity index (χ1) is 7.70. The summed E-state index contributed by atoms with van der Waals surface area (Å²) in [7, 11) is 0. The summed E-state index contributed by atoms with van der Waals surface area (Å²) >= 11 is 0. The Labute approximate surface area is 93.3 Å². The minimum atomic E-state index is -0.805.